The molecule has 6 heteroatoms. The first-order chi connectivity index (χ1) is 9.72. The zero-order valence-corrected chi connectivity index (χ0v) is 15.6. The largest absolute Gasteiger partial charge is 0.357 e. The molecule has 2 aliphatic rings. The molecule has 1 atom stereocenters. The quantitative estimate of drug-likeness (QED) is 0.402. The van der Waals surface area contributed by atoms with Crippen molar-refractivity contribution >= 4 is 35.8 Å². The van der Waals surface area contributed by atoms with E-state index < -0.39 is 0 Å². The van der Waals surface area contributed by atoms with Crippen molar-refractivity contribution in [1.82, 2.24) is 15.5 Å². The van der Waals surface area contributed by atoms with Gasteiger partial charge in [0.1, 0.15) is 0 Å². The molecule has 2 N–H and O–H groups in total. The zero-order valence-electron chi connectivity index (χ0n) is 13.2. The molecule has 1 saturated carbocycles. The molecular weight excluding hydrogens is 379 g/mol. The topological polar surface area (TPSA) is 56.7 Å². The molecular formula is C15H29IN4O. The lowest BCUT2D eigenvalue weighted by molar-refractivity contribution is -0.129. The summed E-state index contributed by atoms with van der Waals surface area (Å²) in [4.78, 5) is 18.3. The Morgan fingerprint density at radius 1 is 1.29 bits per heavy atom. The summed E-state index contributed by atoms with van der Waals surface area (Å²) in [6.45, 7) is 7.46. The number of carbonyl (C=O) groups is 1. The van der Waals surface area contributed by atoms with E-state index in [9.17, 15) is 4.79 Å². The molecule has 1 saturated heterocycles. The number of aliphatic imine (C=N–C) groups is 1. The third-order valence-corrected chi connectivity index (χ3v) is 4.03. The summed E-state index contributed by atoms with van der Waals surface area (Å²) in [6, 6.07) is 0.337. The fourth-order valence-corrected chi connectivity index (χ4v) is 2.61. The van der Waals surface area contributed by atoms with E-state index >= 15 is 0 Å². The molecule has 0 radical (unpaired) electrons. The number of amides is 1. The SMILES string of the molecule is CCNC(=NCCC1CC1)NC1CCN(C(=O)CC)C1.I. The molecule has 21 heavy (non-hydrogen) atoms. The summed E-state index contributed by atoms with van der Waals surface area (Å²) in [7, 11) is 0. The molecule has 5 nitrogen and oxygen atoms in total. The number of nitrogens with zero attached hydrogens (tertiary/aromatic N) is 2. The van der Waals surface area contributed by atoms with E-state index in [-0.39, 0.29) is 29.9 Å². The summed E-state index contributed by atoms with van der Waals surface area (Å²) in [5, 5.41) is 6.76. The van der Waals surface area contributed by atoms with Crippen LogP contribution in [-0.2, 0) is 4.79 Å². The molecule has 0 bridgehead atoms. The maximum atomic E-state index is 11.7. The van der Waals surface area contributed by atoms with Crippen LogP contribution in [-0.4, -0.2) is 49.0 Å². The third kappa shape index (κ3) is 6.40. The first-order valence-electron chi connectivity index (χ1n) is 8.05. The van der Waals surface area contributed by atoms with Gasteiger partial charge in [-0.3, -0.25) is 9.79 Å². The first kappa shape index (κ1) is 18.5. The highest BCUT2D eigenvalue weighted by Crippen LogP contribution is 2.32. The van der Waals surface area contributed by atoms with Gasteiger partial charge >= 0.3 is 0 Å². The maximum Gasteiger partial charge on any atom is 0.222 e. The van der Waals surface area contributed by atoms with Gasteiger partial charge in [0.2, 0.25) is 5.91 Å². The first-order valence-corrected chi connectivity index (χ1v) is 8.05. The normalized spacial score (nSPS) is 21.9. The molecule has 1 heterocycles. The Hall–Kier alpha value is -0.530. The minimum Gasteiger partial charge on any atom is -0.357 e. The van der Waals surface area contributed by atoms with E-state index in [4.69, 9.17) is 0 Å². The number of nitrogens with one attached hydrogen (secondary N) is 2. The lowest BCUT2D eigenvalue weighted by Crippen LogP contribution is -2.45. The van der Waals surface area contributed by atoms with Crippen LogP contribution in [0.2, 0.25) is 0 Å². The summed E-state index contributed by atoms with van der Waals surface area (Å²) < 4.78 is 0. The summed E-state index contributed by atoms with van der Waals surface area (Å²) >= 11 is 0. The standard InChI is InChI=1S/C15H28N4O.HI/c1-3-14(20)19-10-8-13(11-19)18-15(16-4-2)17-9-7-12-5-6-12;/h12-13H,3-11H2,1-2H3,(H2,16,17,18);1H. The van der Waals surface area contributed by atoms with Crippen molar-refractivity contribution in [1.29, 1.82) is 0 Å². The molecule has 2 fully saturated rings. The highest BCUT2D eigenvalue weighted by atomic mass is 127. The highest BCUT2D eigenvalue weighted by Gasteiger charge is 2.26. The minimum absolute atomic E-state index is 0. The second-order valence-electron chi connectivity index (χ2n) is 5.82. The van der Waals surface area contributed by atoms with E-state index in [1.807, 2.05) is 11.8 Å². The average molecular weight is 408 g/mol. The lowest BCUT2D eigenvalue weighted by Gasteiger charge is -2.18. The van der Waals surface area contributed by atoms with Gasteiger partial charge in [0, 0.05) is 38.6 Å². The van der Waals surface area contributed by atoms with Crippen molar-refractivity contribution in [2.45, 2.75) is 52.0 Å². The van der Waals surface area contributed by atoms with E-state index in [0.717, 1.165) is 44.5 Å². The van der Waals surface area contributed by atoms with Gasteiger partial charge in [-0.15, -0.1) is 24.0 Å². The molecule has 2 rings (SSSR count). The number of carbonyl (C=O) groups excluding carboxylic acids is 1. The monoisotopic (exact) mass is 408 g/mol. The van der Waals surface area contributed by atoms with Gasteiger partial charge < -0.3 is 15.5 Å². The fourth-order valence-electron chi connectivity index (χ4n) is 2.61. The molecule has 1 aliphatic carbocycles. The van der Waals surface area contributed by atoms with Crippen molar-refractivity contribution < 1.29 is 4.79 Å². The van der Waals surface area contributed by atoms with Crippen LogP contribution in [0.4, 0.5) is 0 Å². The van der Waals surface area contributed by atoms with Crippen molar-refractivity contribution in [3.63, 3.8) is 0 Å². The molecule has 0 aromatic heterocycles. The fraction of sp³-hybridized carbons (Fsp3) is 0.867. The van der Waals surface area contributed by atoms with Gasteiger partial charge in [-0.05, 0) is 25.7 Å². The van der Waals surface area contributed by atoms with Crippen molar-refractivity contribution in [3.8, 4) is 0 Å². The van der Waals surface area contributed by atoms with Gasteiger partial charge in [0.05, 0.1) is 0 Å². The Morgan fingerprint density at radius 2 is 2.05 bits per heavy atom. The Kier molecular flexibility index (Phi) is 8.36. The molecule has 0 aromatic carbocycles. The number of halogens is 1. The highest BCUT2D eigenvalue weighted by molar-refractivity contribution is 14.0. The van der Waals surface area contributed by atoms with Gasteiger partial charge in [-0.1, -0.05) is 19.8 Å². The van der Waals surface area contributed by atoms with Crippen LogP contribution in [0.5, 0.6) is 0 Å². The molecule has 122 valence electrons. The number of guanidine groups is 1. The number of hydrogen-bond acceptors (Lipinski definition) is 2. The third-order valence-electron chi connectivity index (χ3n) is 4.03. The minimum atomic E-state index is 0. The second-order valence-corrected chi connectivity index (χ2v) is 5.82. The summed E-state index contributed by atoms with van der Waals surface area (Å²) in [5.74, 6) is 2.08. The summed E-state index contributed by atoms with van der Waals surface area (Å²) in [5.41, 5.74) is 0. The van der Waals surface area contributed by atoms with Gasteiger partial charge in [-0.2, -0.15) is 0 Å². The van der Waals surface area contributed by atoms with Gasteiger partial charge in [-0.25, -0.2) is 0 Å². The second kappa shape index (κ2) is 9.48. The zero-order chi connectivity index (χ0) is 14.4. The van der Waals surface area contributed by atoms with Crippen LogP contribution < -0.4 is 10.6 Å². The Balaban J connectivity index is 0.00000220. The number of rotatable bonds is 6. The molecule has 0 spiro atoms. The maximum absolute atomic E-state index is 11.7. The smallest absolute Gasteiger partial charge is 0.222 e. The van der Waals surface area contributed by atoms with Crippen molar-refractivity contribution in [3.05, 3.63) is 0 Å². The Labute approximate surface area is 145 Å². The number of hydrogen-bond donors (Lipinski definition) is 2. The molecule has 1 aliphatic heterocycles. The van der Waals surface area contributed by atoms with Gasteiger partial charge in [0.25, 0.3) is 0 Å². The summed E-state index contributed by atoms with van der Waals surface area (Å²) in [6.07, 6.45) is 5.59. The predicted octanol–water partition coefficient (Wildman–Crippen LogP) is 1.97. The van der Waals surface area contributed by atoms with Crippen LogP contribution in [0.3, 0.4) is 0 Å². The van der Waals surface area contributed by atoms with E-state index in [0.29, 0.717) is 12.5 Å². The molecule has 0 aromatic rings. The van der Waals surface area contributed by atoms with Crippen LogP contribution >= 0.6 is 24.0 Å². The van der Waals surface area contributed by atoms with Crippen molar-refractivity contribution in [2.24, 2.45) is 10.9 Å². The Morgan fingerprint density at radius 3 is 2.67 bits per heavy atom. The average Bonchev–Trinajstić information content (AvgIpc) is 3.15. The molecule has 1 unspecified atom stereocenters. The number of likely N-dealkylation sites (tertiary alicyclic amines) is 1. The van der Waals surface area contributed by atoms with E-state index in [2.05, 4.69) is 22.5 Å². The van der Waals surface area contributed by atoms with Crippen LogP contribution in [0.1, 0.15) is 46.0 Å². The predicted molar refractivity (Wildman–Crippen MR) is 97.1 cm³/mol. The van der Waals surface area contributed by atoms with Crippen LogP contribution in [0.15, 0.2) is 4.99 Å². The molecule has 1 amide bonds. The Bertz CT molecular complexity index is 358. The van der Waals surface area contributed by atoms with Gasteiger partial charge in [0.15, 0.2) is 5.96 Å². The van der Waals surface area contributed by atoms with Crippen LogP contribution in [0, 0.1) is 5.92 Å². The van der Waals surface area contributed by atoms with Crippen LogP contribution in [0.25, 0.3) is 0 Å². The van der Waals surface area contributed by atoms with E-state index in [1.165, 1.54) is 19.3 Å². The van der Waals surface area contributed by atoms with E-state index in [1.54, 1.807) is 0 Å². The lowest BCUT2D eigenvalue weighted by atomic mass is 10.3. The van der Waals surface area contributed by atoms with Crippen molar-refractivity contribution in [2.75, 3.05) is 26.2 Å².